The summed E-state index contributed by atoms with van der Waals surface area (Å²) in [5.74, 6) is 0.0564. The van der Waals surface area contributed by atoms with Gasteiger partial charge < -0.3 is 9.80 Å². The molecule has 0 atom stereocenters. The Morgan fingerprint density at radius 3 is 2.80 bits per heavy atom. The van der Waals surface area contributed by atoms with Crippen LogP contribution in [0.25, 0.3) is 0 Å². The number of rotatable bonds is 4. The van der Waals surface area contributed by atoms with Gasteiger partial charge in [-0.15, -0.1) is 5.10 Å². The normalized spacial score (nSPS) is 17.9. The van der Waals surface area contributed by atoms with E-state index < -0.39 is 0 Å². The van der Waals surface area contributed by atoms with Gasteiger partial charge in [0.2, 0.25) is 5.91 Å². The van der Waals surface area contributed by atoms with Crippen LogP contribution in [0.4, 0.5) is 0 Å². The Balaban J connectivity index is 1.34. The quantitative estimate of drug-likeness (QED) is 0.788. The van der Waals surface area contributed by atoms with Crippen molar-refractivity contribution in [2.24, 2.45) is 0 Å². The predicted molar refractivity (Wildman–Crippen MR) is 86.4 cm³/mol. The molecular formula is C16H19N7O2. The lowest BCUT2D eigenvalue weighted by atomic mass is 10.1. The molecule has 130 valence electrons. The first-order chi connectivity index (χ1) is 12.1. The van der Waals surface area contributed by atoms with E-state index in [-0.39, 0.29) is 17.9 Å². The Morgan fingerprint density at radius 2 is 2.12 bits per heavy atom. The number of carbonyl (C=O) groups excluding carboxylic acids is 2. The van der Waals surface area contributed by atoms with E-state index in [4.69, 9.17) is 0 Å². The van der Waals surface area contributed by atoms with Crippen LogP contribution in [-0.4, -0.2) is 66.2 Å². The standard InChI is InChI=1S/C16H19N7O2/c1-11-5-18-14(6-17-11)16(25)22-9-13(10-22)23-8-12(19-20-23)7-21-4-2-3-15(21)24/h5-6,8,13H,2-4,7,9-10H2,1H3. The second-order valence-corrected chi connectivity index (χ2v) is 6.52. The van der Waals surface area contributed by atoms with Crippen LogP contribution in [0.15, 0.2) is 18.6 Å². The monoisotopic (exact) mass is 341 g/mol. The molecule has 2 aliphatic rings. The molecule has 0 bridgehead atoms. The Kier molecular flexibility index (Phi) is 3.90. The van der Waals surface area contributed by atoms with Crippen LogP contribution >= 0.6 is 0 Å². The molecule has 2 saturated heterocycles. The summed E-state index contributed by atoms with van der Waals surface area (Å²) in [4.78, 5) is 35.7. The fourth-order valence-electron chi connectivity index (χ4n) is 3.08. The molecule has 9 nitrogen and oxygen atoms in total. The Hall–Kier alpha value is -2.84. The summed E-state index contributed by atoms with van der Waals surface area (Å²) in [6, 6.07) is 0.109. The fraction of sp³-hybridized carbons (Fsp3) is 0.500. The van der Waals surface area contributed by atoms with Gasteiger partial charge in [0.25, 0.3) is 5.91 Å². The van der Waals surface area contributed by atoms with Crippen LogP contribution in [-0.2, 0) is 11.3 Å². The number of hydrogen-bond acceptors (Lipinski definition) is 6. The van der Waals surface area contributed by atoms with Crippen molar-refractivity contribution in [2.45, 2.75) is 32.4 Å². The molecule has 25 heavy (non-hydrogen) atoms. The minimum Gasteiger partial charge on any atom is -0.337 e. The first kappa shape index (κ1) is 15.7. The molecule has 9 heteroatoms. The SMILES string of the molecule is Cc1cnc(C(=O)N2CC(n3cc(CN4CCCC4=O)nn3)C2)cn1. The molecule has 0 aliphatic carbocycles. The third-order valence-electron chi connectivity index (χ3n) is 4.61. The molecule has 4 rings (SSSR count). The van der Waals surface area contributed by atoms with Crippen molar-refractivity contribution in [1.82, 2.24) is 34.8 Å². The molecule has 0 N–H and O–H groups in total. The van der Waals surface area contributed by atoms with Crippen molar-refractivity contribution < 1.29 is 9.59 Å². The number of amides is 2. The summed E-state index contributed by atoms with van der Waals surface area (Å²) in [6.07, 6.45) is 6.49. The lowest BCUT2D eigenvalue weighted by Crippen LogP contribution is -2.51. The van der Waals surface area contributed by atoms with Crippen LogP contribution < -0.4 is 0 Å². The smallest absolute Gasteiger partial charge is 0.274 e. The molecule has 0 spiro atoms. The first-order valence-corrected chi connectivity index (χ1v) is 8.36. The van der Waals surface area contributed by atoms with Crippen LogP contribution in [0.2, 0.25) is 0 Å². The van der Waals surface area contributed by atoms with Gasteiger partial charge in [0, 0.05) is 32.3 Å². The Bertz CT molecular complexity index is 795. The maximum Gasteiger partial charge on any atom is 0.274 e. The highest BCUT2D eigenvalue weighted by Crippen LogP contribution is 2.22. The summed E-state index contributed by atoms with van der Waals surface area (Å²) >= 11 is 0. The highest BCUT2D eigenvalue weighted by atomic mass is 16.2. The van der Waals surface area contributed by atoms with Gasteiger partial charge in [0.1, 0.15) is 11.4 Å². The number of aromatic nitrogens is 5. The molecule has 2 fully saturated rings. The zero-order valence-corrected chi connectivity index (χ0v) is 14.0. The fourth-order valence-corrected chi connectivity index (χ4v) is 3.08. The minimum absolute atomic E-state index is 0.109. The summed E-state index contributed by atoms with van der Waals surface area (Å²) in [7, 11) is 0. The van der Waals surface area contributed by atoms with Gasteiger partial charge >= 0.3 is 0 Å². The zero-order valence-electron chi connectivity index (χ0n) is 14.0. The third-order valence-corrected chi connectivity index (χ3v) is 4.61. The molecular weight excluding hydrogens is 322 g/mol. The zero-order chi connectivity index (χ0) is 17.4. The maximum absolute atomic E-state index is 12.3. The number of hydrogen-bond donors (Lipinski definition) is 0. The van der Waals surface area contributed by atoms with Crippen molar-refractivity contribution in [3.05, 3.63) is 35.7 Å². The van der Waals surface area contributed by atoms with E-state index in [1.807, 2.05) is 13.1 Å². The first-order valence-electron chi connectivity index (χ1n) is 8.36. The maximum atomic E-state index is 12.3. The second-order valence-electron chi connectivity index (χ2n) is 6.52. The topological polar surface area (TPSA) is 97.1 Å². The van der Waals surface area contributed by atoms with E-state index >= 15 is 0 Å². The van der Waals surface area contributed by atoms with Crippen molar-refractivity contribution in [1.29, 1.82) is 0 Å². The number of nitrogens with zero attached hydrogens (tertiary/aromatic N) is 7. The predicted octanol–water partition coefficient (Wildman–Crippen LogP) is 0.196. The van der Waals surface area contributed by atoms with E-state index in [0.717, 1.165) is 24.4 Å². The molecule has 0 unspecified atom stereocenters. The average molecular weight is 341 g/mol. The van der Waals surface area contributed by atoms with E-state index in [9.17, 15) is 9.59 Å². The van der Waals surface area contributed by atoms with Crippen LogP contribution in [0.1, 0.15) is 40.8 Å². The van der Waals surface area contributed by atoms with Crippen LogP contribution in [0.3, 0.4) is 0 Å². The number of likely N-dealkylation sites (tertiary alicyclic amines) is 2. The summed E-state index contributed by atoms with van der Waals surface area (Å²) in [6.45, 7) is 4.26. The van der Waals surface area contributed by atoms with Crippen LogP contribution in [0.5, 0.6) is 0 Å². The molecule has 2 amide bonds. The second kappa shape index (κ2) is 6.23. The molecule has 2 aromatic rings. The molecule has 0 radical (unpaired) electrons. The Labute approximate surface area is 144 Å². The van der Waals surface area contributed by atoms with Gasteiger partial charge in [0.05, 0.1) is 30.7 Å². The lowest BCUT2D eigenvalue weighted by Gasteiger charge is -2.38. The minimum atomic E-state index is -0.119. The van der Waals surface area contributed by atoms with Crippen molar-refractivity contribution in [3.63, 3.8) is 0 Å². The highest BCUT2D eigenvalue weighted by Gasteiger charge is 2.34. The number of aryl methyl sites for hydroxylation is 1. The molecule has 2 aliphatic heterocycles. The van der Waals surface area contributed by atoms with E-state index in [1.165, 1.54) is 6.20 Å². The van der Waals surface area contributed by atoms with Crippen molar-refractivity contribution in [2.75, 3.05) is 19.6 Å². The third kappa shape index (κ3) is 3.09. The van der Waals surface area contributed by atoms with Crippen molar-refractivity contribution >= 4 is 11.8 Å². The average Bonchev–Trinajstić information content (AvgIpc) is 3.17. The Morgan fingerprint density at radius 1 is 1.28 bits per heavy atom. The summed E-state index contributed by atoms with van der Waals surface area (Å²) in [5, 5.41) is 8.29. The van der Waals surface area contributed by atoms with E-state index in [2.05, 4.69) is 20.3 Å². The van der Waals surface area contributed by atoms with Gasteiger partial charge in [-0.2, -0.15) is 0 Å². The van der Waals surface area contributed by atoms with E-state index in [1.54, 1.807) is 20.7 Å². The van der Waals surface area contributed by atoms with E-state index in [0.29, 0.717) is 31.7 Å². The molecule has 0 aromatic carbocycles. The van der Waals surface area contributed by atoms with Gasteiger partial charge in [-0.3, -0.25) is 14.6 Å². The van der Waals surface area contributed by atoms with Gasteiger partial charge in [-0.25, -0.2) is 9.67 Å². The summed E-state index contributed by atoms with van der Waals surface area (Å²) in [5.41, 5.74) is 1.92. The molecule has 2 aromatic heterocycles. The summed E-state index contributed by atoms with van der Waals surface area (Å²) < 4.78 is 1.78. The molecule has 4 heterocycles. The van der Waals surface area contributed by atoms with Crippen LogP contribution in [0, 0.1) is 6.92 Å². The number of carbonyl (C=O) groups is 2. The lowest BCUT2D eigenvalue weighted by molar-refractivity contribution is -0.128. The largest absolute Gasteiger partial charge is 0.337 e. The van der Waals surface area contributed by atoms with Crippen molar-refractivity contribution in [3.8, 4) is 0 Å². The molecule has 0 saturated carbocycles. The van der Waals surface area contributed by atoms with Gasteiger partial charge in [-0.1, -0.05) is 5.21 Å². The van der Waals surface area contributed by atoms with Gasteiger partial charge in [0.15, 0.2) is 0 Å². The van der Waals surface area contributed by atoms with Gasteiger partial charge in [-0.05, 0) is 13.3 Å². The highest BCUT2D eigenvalue weighted by molar-refractivity contribution is 5.92.